The maximum absolute atomic E-state index is 13.0. The third-order valence-corrected chi connectivity index (χ3v) is 5.75. The number of nitrogens with zero attached hydrogens (tertiary/aromatic N) is 1. The number of hydrogen-bond donors (Lipinski definition) is 1. The molecule has 2 heterocycles. The van der Waals surface area contributed by atoms with Crippen molar-refractivity contribution in [3.05, 3.63) is 87.9 Å². The number of nitrogens with one attached hydrogen (secondary N) is 1. The molecule has 27 heavy (non-hydrogen) atoms. The average molecular weight is 395 g/mol. The number of hydrogen-bond acceptors (Lipinski definition) is 2. The van der Waals surface area contributed by atoms with Crippen molar-refractivity contribution in [3.8, 4) is 0 Å². The van der Waals surface area contributed by atoms with Crippen LogP contribution in [0.15, 0.2) is 66.0 Å². The largest absolute Gasteiger partial charge is 0.335 e. The number of rotatable bonds is 5. The Bertz CT molecular complexity index is 1100. The van der Waals surface area contributed by atoms with Gasteiger partial charge in [-0.15, -0.1) is 11.3 Å². The number of halogens is 1. The lowest BCUT2D eigenvalue weighted by Crippen LogP contribution is -2.18. The van der Waals surface area contributed by atoms with E-state index in [0.717, 1.165) is 34.4 Å². The second kappa shape index (κ2) is 7.59. The lowest BCUT2D eigenvalue weighted by atomic mass is 10.1. The standard InChI is InChI=1S/C22H19ClN2OS/c1-15-13-17(23)7-8-18(15)24-22(26)20-14-21-19(10-12-27-21)25(20)11-9-16-5-3-2-4-6-16/h2-8,10,12-14H,9,11H2,1H3,(H,24,26). The van der Waals surface area contributed by atoms with Crippen LogP contribution in [0.5, 0.6) is 0 Å². The molecule has 1 N–H and O–H groups in total. The zero-order valence-electron chi connectivity index (χ0n) is 14.9. The zero-order chi connectivity index (χ0) is 18.8. The first-order valence-electron chi connectivity index (χ1n) is 8.80. The molecule has 0 bridgehead atoms. The van der Waals surface area contributed by atoms with Gasteiger partial charge < -0.3 is 9.88 Å². The summed E-state index contributed by atoms with van der Waals surface area (Å²) in [5, 5.41) is 5.76. The maximum atomic E-state index is 13.0. The van der Waals surface area contributed by atoms with Crippen molar-refractivity contribution >= 4 is 44.7 Å². The van der Waals surface area contributed by atoms with Crippen molar-refractivity contribution in [2.24, 2.45) is 0 Å². The van der Waals surface area contributed by atoms with Gasteiger partial charge in [0.25, 0.3) is 5.91 Å². The van der Waals surface area contributed by atoms with Gasteiger partial charge in [-0.3, -0.25) is 4.79 Å². The summed E-state index contributed by atoms with van der Waals surface area (Å²) in [6.07, 6.45) is 0.876. The van der Waals surface area contributed by atoms with E-state index in [-0.39, 0.29) is 5.91 Å². The summed E-state index contributed by atoms with van der Waals surface area (Å²) in [5.41, 5.74) is 4.77. The first kappa shape index (κ1) is 17.8. The topological polar surface area (TPSA) is 34.0 Å². The number of carbonyl (C=O) groups excluding carboxylic acids is 1. The molecule has 3 nitrogen and oxygen atoms in total. The minimum Gasteiger partial charge on any atom is -0.335 e. The van der Waals surface area contributed by atoms with Crippen LogP contribution in [0.2, 0.25) is 5.02 Å². The number of amides is 1. The van der Waals surface area contributed by atoms with Gasteiger partial charge in [0.05, 0.1) is 10.2 Å². The average Bonchev–Trinajstić information content (AvgIpc) is 3.24. The molecule has 0 saturated heterocycles. The van der Waals surface area contributed by atoms with Crippen LogP contribution >= 0.6 is 22.9 Å². The van der Waals surface area contributed by atoms with Crippen LogP contribution in [0.4, 0.5) is 5.69 Å². The normalized spacial score (nSPS) is 11.0. The van der Waals surface area contributed by atoms with Gasteiger partial charge in [0.1, 0.15) is 5.69 Å². The molecule has 2 aromatic carbocycles. The Kier molecular flexibility index (Phi) is 5.01. The van der Waals surface area contributed by atoms with E-state index in [1.54, 1.807) is 17.4 Å². The molecule has 0 saturated carbocycles. The van der Waals surface area contributed by atoms with E-state index in [0.29, 0.717) is 10.7 Å². The minimum atomic E-state index is -0.100. The second-order valence-electron chi connectivity index (χ2n) is 6.50. The monoisotopic (exact) mass is 394 g/mol. The Morgan fingerprint density at radius 1 is 1.11 bits per heavy atom. The van der Waals surface area contributed by atoms with Crippen LogP contribution in [-0.2, 0) is 13.0 Å². The van der Waals surface area contributed by atoms with Gasteiger partial charge in [-0.25, -0.2) is 0 Å². The van der Waals surface area contributed by atoms with E-state index in [2.05, 4.69) is 33.5 Å². The van der Waals surface area contributed by atoms with E-state index >= 15 is 0 Å². The Hall–Kier alpha value is -2.56. The predicted octanol–water partition coefficient (Wildman–Crippen LogP) is 6.16. The highest BCUT2D eigenvalue weighted by Gasteiger charge is 2.17. The van der Waals surface area contributed by atoms with Gasteiger partial charge in [0, 0.05) is 17.3 Å². The fraction of sp³-hybridized carbons (Fsp3) is 0.136. The van der Waals surface area contributed by atoms with Crippen LogP contribution in [0.1, 0.15) is 21.6 Å². The number of fused-ring (bicyclic) bond motifs is 1. The summed E-state index contributed by atoms with van der Waals surface area (Å²) in [7, 11) is 0. The number of carbonyl (C=O) groups is 1. The molecule has 0 spiro atoms. The van der Waals surface area contributed by atoms with Crippen LogP contribution in [0, 0.1) is 6.92 Å². The van der Waals surface area contributed by atoms with Crippen molar-refractivity contribution in [2.75, 3.05) is 5.32 Å². The molecule has 0 atom stereocenters. The van der Waals surface area contributed by atoms with Crippen LogP contribution < -0.4 is 5.32 Å². The lowest BCUT2D eigenvalue weighted by molar-refractivity contribution is 0.101. The summed E-state index contributed by atoms with van der Waals surface area (Å²) in [6, 6.07) is 19.9. The molecule has 0 aliphatic carbocycles. The molecule has 5 heteroatoms. The number of thiophene rings is 1. The number of aromatic nitrogens is 1. The summed E-state index contributed by atoms with van der Waals surface area (Å²) in [5.74, 6) is -0.100. The highest BCUT2D eigenvalue weighted by Crippen LogP contribution is 2.27. The lowest BCUT2D eigenvalue weighted by Gasteiger charge is -2.12. The molecule has 0 radical (unpaired) electrons. The van der Waals surface area contributed by atoms with E-state index in [9.17, 15) is 4.79 Å². The Morgan fingerprint density at radius 3 is 2.70 bits per heavy atom. The molecule has 2 aromatic heterocycles. The SMILES string of the molecule is Cc1cc(Cl)ccc1NC(=O)c1cc2sccc2n1CCc1ccccc1. The first-order valence-corrected chi connectivity index (χ1v) is 10.1. The fourth-order valence-corrected chi connectivity index (χ4v) is 4.29. The molecule has 0 unspecified atom stereocenters. The van der Waals surface area contributed by atoms with Gasteiger partial charge in [-0.05, 0) is 60.2 Å². The van der Waals surface area contributed by atoms with Crippen molar-refractivity contribution in [2.45, 2.75) is 19.9 Å². The van der Waals surface area contributed by atoms with Crippen LogP contribution in [-0.4, -0.2) is 10.5 Å². The van der Waals surface area contributed by atoms with E-state index < -0.39 is 0 Å². The summed E-state index contributed by atoms with van der Waals surface area (Å²) < 4.78 is 3.24. The van der Waals surface area contributed by atoms with Gasteiger partial charge >= 0.3 is 0 Å². The van der Waals surface area contributed by atoms with Crippen LogP contribution in [0.25, 0.3) is 10.2 Å². The molecule has 0 aliphatic rings. The van der Waals surface area contributed by atoms with Crippen molar-refractivity contribution in [1.29, 1.82) is 0 Å². The van der Waals surface area contributed by atoms with Gasteiger partial charge in [0.2, 0.25) is 0 Å². The van der Waals surface area contributed by atoms with Crippen LogP contribution in [0.3, 0.4) is 0 Å². The summed E-state index contributed by atoms with van der Waals surface area (Å²) in [6.45, 7) is 2.70. The zero-order valence-corrected chi connectivity index (χ0v) is 16.5. The fourth-order valence-electron chi connectivity index (χ4n) is 3.25. The number of benzene rings is 2. The first-order chi connectivity index (χ1) is 13.1. The molecule has 4 rings (SSSR count). The quantitative estimate of drug-likeness (QED) is 0.432. The molecular weight excluding hydrogens is 376 g/mol. The molecule has 0 aliphatic heterocycles. The second-order valence-corrected chi connectivity index (χ2v) is 7.88. The summed E-state index contributed by atoms with van der Waals surface area (Å²) >= 11 is 7.67. The van der Waals surface area contributed by atoms with E-state index in [1.165, 1.54) is 5.56 Å². The Balaban J connectivity index is 1.62. The molecule has 4 aromatic rings. The van der Waals surface area contributed by atoms with Crippen molar-refractivity contribution < 1.29 is 4.79 Å². The van der Waals surface area contributed by atoms with Gasteiger partial charge in [0.15, 0.2) is 0 Å². The maximum Gasteiger partial charge on any atom is 0.272 e. The van der Waals surface area contributed by atoms with E-state index in [1.807, 2.05) is 43.3 Å². The minimum absolute atomic E-state index is 0.100. The molecular formula is C22H19ClN2OS. The third kappa shape index (κ3) is 3.77. The van der Waals surface area contributed by atoms with Crippen molar-refractivity contribution in [3.63, 3.8) is 0 Å². The Labute approximate surface area is 167 Å². The predicted molar refractivity (Wildman–Crippen MR) is 114 cm³/mol. The number of aryl methyl sites for hydroxylation is 3. The summed E-state index contributed by atoms with van der Waals surface area (Å²) in [4.78, 5) is 13.0. The van der Waals surface area contributed by atoms with Gasteiger partial charge in [-0.1, -0.05) is 41.9 Å². The molecule has 1 amide bonds. The van der Waals surface area contributed by atoms with Crippen molar-refractivity contribution in [1.82, 2.24) is 4.57 Å². The Morgan fingerprint density at radius 2 is 1.93 bits per heavy atom. The van der Waals surface area contributed by atoms with Gasteiger partial charge in [-0.2, -0.15) is 0 Å². The highest BCUT2D eigenvalue weighted by molar-refractivity contribution is 7.17. The smallest absolute Gasteiger partial charge is 0.272 e. The molecule has 0 fully saturated rings. The highest BCUT2D eigenvalue weighted by atomic mass is 35.5. The molecule has 136 valence electrons. The number of anilines is 1. The third-order valence-electron chi connectivity index (χ3n) is 4.66. The van der Waals surface area contributed by atoms with E-state index in [4.69, 9.17) is 11.6 Å².